The Bertz CT molecular complexity index is 1410. The number of hydrogen-bond acceptors (Lipinski definition) is 4. The summed E-state index contributed by atoms with van der Waals surface area (Å²) in [7, 11) is 0. The summed E-state index contributed by atoms with van der Waals surface area (Å²) in [6.45, 7) is 11.2. The summed E-state index contributed by atoms with van der Waals surface area (Å²) in [5, 5.41) is 3.24. The van der Waals surface area contributed by atoms with Crippen LogP contribution < -0.4 is 10.1 Å². The van der Waals surface area contributed by atoms with Crippen LogP contribution in [0.2, 0.25) is 0 Å². The van der Waals surface area contributed by atoms with E-state index >= 15 is 0 Å². The molecule has 6 heteroatoms. The van der Waals surface area contributed by atoms with E-state index in [1.807, 2.05) is 13.0 Å². The van der Waals surface area contributed by atoms with E-state index in [1.165, 1.54) is 5.57 Å². The molecule has 2 heterocycles. The van der Waals surface area contributed by atoms with Crippen LogP contribution in [0.4, 0.5) is 10.3 Å². The minimum Gasteiger partial charge on any atom is -0.491 e. The topological polar surface area (TPSA) is 53.2 Å². The highest BCUT2D eigenvalue weighted by Crippen LogP contribution is 2.34. The Labute approximate surface area is 212 Å². The van der Waals surface area contributed by atoms with Gasteiger partial charge in [-0.1, -0.05) is 30.7 Å². The molecule has 186 valence electrons. The molecular weight excluding hydrogens is 451 g/mol. The molecule has 0 amide bonds. The second-order valence-corrected chi connectivity index (χ2v) is 9.68. The molecule has 1 unspecified atom stereocenters. The monoisotopic (exact) mass is 484 g/mol. The first-order valence-corrected chi connectivity index (χ1v) is 12.6. The van der Waals surface area contributed by atoms with E-state index in [9.17, 15) is 4.39 Å². The third kappa shape index (κ3) is 4.94. The van der Waals surface area contributed by atoms with Crippen molar-refractivity contribution >= 4 is 17.0 Å². The van der Waals surface area contributed by atoms with Gasteiger partial charge in [-0.05, 0) is 80.0 Å². The number of ether oxygens (including phenoxy) is 1. The van der Waals surface area contributed by atoms with Crippen molar-refractivity contribution in [2.24, 2.45) is 5.92 Å². The van der Waals surface area contributed by atoms with Crippen molar-refractivity contribution in [1.82, 2.24) is 14.9 Å². The summed E-state index contributed by atoms with van der Waals surface area (Å²) in [4.78, 5) is 10.3. The van der Waals surface area contributed by atoms with Crippen LogP contribution in [0.25, 0.3) is 22.2 Å². The predicted octanol–water partition coefficient (Wildman–Crippen LogP) is 7.14. The van der Waals surface area contributed by atoms with E-state index in [2.05, 4.69) is 83.4 Å². The van der Waals surface area contributed by atoms with Gasteiger partial charge in [0.2, 0.25) is 5.95 Å². The molecule has 1 aromatic heterocycles. The molecule has 36 heavy (non-hydrogen) atoms. The van der Waals surface area contributed by atoms with Gasteiger partial charge in [0.15, 0.2) is 0 Å². The SMILES string of the molecule is CCNc1nc2ccc(-c3ccc4c(c3)CN(/C(C=C(C)C)=C3\C=CC(F)=CC3C)CCO4)cc2[nH]1. The number of rotatable bonds is 5. The van der Waals surface area contributed by atoms with Gasteiger partial charge in [0.25, 0.3) is 0 Å². The fourth-order valence-corrected chi connectivity index (χ4v) is 4.87. The van der Waals surface area contributed by atoms with Gasteiger partial charge in [-0.3, -0.25) is 0 Å². The number of fused-ring (bicyclic) bond motifs is 2. The number of nitrogens with zero attached hydrogens (tertiary/aromatic N) is 2. The summed E-state index contributed by atoms with van der Waals surface area (Å²) < 4.78 is 20.0. The van der Waals surface area contributed by atoms with Crippen molar-refractivity contribution in [3.05, 3.63) is 88.9 Å². The minimum atomic E-state index is -0.177. The zero-order chi connectivity index (χ0) is 25.2. The summed E-state index contributed by atoms with van der Waals surface area (Å²) in [5.74, 6) is 1.53. The number of halogens is 1. The Morgan fingerprint density at radius 3 is 2.78 bits per heavy atom. The molecule has 1 aliphatic carbocycles. The Balaban J connectivity index is 1.50. The van der Waals surface area contributed by atoms with Crippen LogP contribution in [0, 0.1) is 5.92 Å². The number of hydrogen-bond donors (Lipinski definition) is 2. The summed E-state index contributed by atoms with van der Waals surface area (Å²) >= 11 is 0. The molecule has 2 N–H and O–H groups in total. The number of anilines is 1. The van der Waals surface area contributed by atoms with Crippen LogP contribution in [0.5, 0.6) is 5.75 Å². The van der Waals surface area contributed by atoms with Crippen LogP contribution >= 0.6 is 0 Å². The number of aromatic amines is 1. The molecule has 0 saturated heterocycles. The number of imidazole rings is 1. The van der Waals surface area contributed by atoms with Gasteiger partial charge >= 0.3 is 0 Å². The zero-order valence-electron chi connectivity index (χ0n) is 21.4. The average molecular weight is 485 g/mol. The Morgan fingerprint density at radius 2 is 2.00 bits per heavy atom. The van der Waals surface area contributed by atoms with E-state index in [0.717, 1.165) is 70.3 Å². The van der Waals surface area contributed by atoms with E-state index in [4.69, 9.17) is 4.74 Å². The van der Waals surface area contributed by atoms with Crippen molar-refractivity contribution in [2.45, 2.75) is 34.2 Å². The lowest BCUT2D eigenvalue weighted by molar-refractivity contribution is 0.266. The smallest absolute Gasteiger partial charge is 0.201 e. The molecule has 1 aliphatic heterocycles. The maximum atomic E-state index is 13.9. The van der Waals surface area contributed by atoms with Gasteiger partial charge < -0.3 is 19.9 Å². The van der Waals surface area contributed by atoms with Crippen LogP contribution in [-0.2, 0) is 6.54 Å². The Kier molecular flexibility index (Phi) is 6.68. The van der Waals surface area contributed by atoms with E-state index < -0.39 is 0 Å². The third-order valence-electron chi connectivity index (χ3n) is 6.58. The minimum absolute atomic E-state index is 0.00352. The maximum Gasteiger partial charge on any atom is 0.201 e. The normalized spacial score (nSPS) is 18.8. The van der Waals surface area contributed by atoms with Gasteiger partial charge in [-0.15, -0.1) is 0 Å². The maximum absolute atomic E-state index is 13.9. The first-order valence-electron chi connectivity index (χ1n) is 12.6. The summed E-state index contributed by atoms with van der Waals surface area (Å²) in [5.41, 5.74) is 8.79. The summed E-state index contributed by atoms with van der Waals surface area (Å²) in [6, 6.07) is 12.7. The van der Waals surface area contributed by atoms with E-state index in [0.29, 0.717) is 6.61 Å². The second-order valence-electron chi connectivity index (χ2n) is 9.68. The van der Waals surface area contributed by atoms with Crippen LogP contribution in [0.1, 0.15) is 33.3 Å². The average Bonchev–Trinajstić information content (AvgIpc) is 3.12. The zero-order valence-corrected chi connectivity index (χ0v) is 21.4. The van der Waals surface area contributed by atoms with Crippen molar-refractivity contribution in [3.8, 4) is 16.9 Å². The molecule has 5 rings (SSSR count). The molecular formula is C30H33FN4O. The van der Waals surface area contributed by atoms with E-state index in [-0.39, 0.29) is 11.7 Å². The highest BCUT2D eigenvalue weighted by Gasteiger charge is 2.22. The third-order valence-corrected chi connectivity index (χ3v) is 6.58. The lowest BCUT2D eigenvalue weighted by Crippen LogP contribution is -2.26. The molecule has 1 atom stereocenters. The van der Waals surface area contributed by atoms with Crippen LogP contribution in [0.15, 0.2) is 83.4 Å². The van der Waals surface area contributed by atoms with Gasteiger partial charge in [0.05, 0.1) is 17.6 Å². The van der Waals surface area contributed by atoms with Gasteiger partial charge in [0.1, 0.15) is 18.2 Å². The molecule has 3 aromatic rings. The first-order chi connectivity index (χ1) is 17.4. The van der Waals surface area contributed by atoms with Crippen molar-refractivity contribution in [2.75, 3.05) is 25.0 Å². The fraction of sp³-hybridized carbons (Fsp3) is 0.300. The van der Waals surface area contributed by atoms with Crippen molar-refractivity contribution < 1.29 is 9.13 Å². The lowest BCUT2D eigenvalue weighted by atomic mass is 9.92. The van der Waals surface area contributed by atoms with Crippen LogP contribution in [0.3, 0.4) is 0 Å². The van der Waals surface area contributed by atoms with Gasteiger partial charge in [0, 0.05) is 30.3 Å². The molecule has 5 nitrogen and oxygen atoms in total. The van der Waals surface area contributed by atoms with E-state index in [1.54, 1.807) is 12.2 Å². The number of aromatic nitrogens is 2. The Hall–Kier alpha value is -3.80. The van der Waals surface area contributed by atoms with Gasteiger partial charge in [-0.2, -0.15) is 0 Å². The lowest BCUT2D eigenvalue weighted by Gasteiger charge is -2.28. The molecule has 0 bridgehead atoms. The quantitative estimate of drug-likeness (QED) is 0.404. The number of allylic oxidation sites excluding steroid dienone is 7. The van der Waals surface area contributed by atoms with Crippen molar-refractivity contribution in [3.63, 3.8) is 0 Å². The first kappa shape index (κ1) is 23.9. The highest BCUT2D eigenvalue weighted by atomic mass is 19.1. The number of benzene rings is 2. The van der Waals surface area contributed by atoms with Crippen LogP contribution in [-0.4, -0.2) is 34.6 Å². The molecule has 2 aromatic carbocycles. The van der Waals surface area contributed by atoms with Crippen molar-refractivity contribution in [1.29, 1.82) is 0 Å². The summed E-state index contributed by atoms with van der Waals surface area (Å²) in [6.07, 6.45) is 7.36. The second kappa shape index (κ2) is 10.1. The highest BCUT2D eigenvalue weighted by molar-refractivity contribution is 5.83. The standard InChI is InChI=1S/C30H33FN4O/c1-5-32-30-33-26-10-6-22(17-27(26)34-30)21-7-11-29-23(16-21)18-35(12-13-36-29)28(14-19(2)3)25-9-8-24(31)15-20(25)4/h6-11,14-17,20H,5,12-13,18H2,1-4H3,(H2,32,33,34)/b28-25+. The molecule has 0 fully saturated rings. The number of H-pyrrole nitrogens is 1. The largest absolute Gasteiger partial charge is 0.491 e. The molecule has 0 saturated carbocycles. The molecule has 0 radical (unpaired) electrons. The fourth-order valence-electron chi connectivity index (χ4n) is 4.87. The van der Waals surface area contributed by atoms with Gasteiger partial charge in [-0.25, -0.2) is 9.37 Å². The molecule has 0 spiro atoms. The predicted molar refractivity (Wildman–Crippen MR) is 146 cm³/mol. The Morgan fingerprint density at radius 1 is 1.19 bits per heavy atom. The molecule has 2 aliphatic rings. The number of nitrogens with one attached hydrogen (secondary N) is 2.